The van der Waals surface area contributed by atoms with Crippen LogP contribution in [0.4, 0.5) is 4.79 Å². The molecule has 23 heavy (non-hydrogen) atoms. The number of amides is 1. The summed E-state index contributed by atoms with van der Waals surface area (Å²) < 4.78 is 4.89. The molecule has 0 saturated heterocycles. The Labute approximate surface area is 138 Å². The van der Waals surface area contributed by atoms with Gasteiger partial charge in [-0.05, 0) is 19.3 Å². The second-order valence-electron chi connectivity index (χ2n) is 5.24. The molecule has 3 N–H and O–H groups in total. The molecule has 1 unspecified atom stereocenters. The number of aliphatic hydroxyl groups excluding tert-OH is 1. The van der Waals surface area contributed by atoms with Crippen molar-refractivity contribution in [2.75, 3.05) is 13.2 Å². The number of rotatable bonds is 13. The fourth-order valence-corrected chi connectivity index (χ4v) is 1.78. The summed E-state index contributed by atoms with van der Waals surface area (Å²) in [5.74, 6) is -0.844. The number of allylic oxidation sites excluding steroid dienone is 2. The molecule has 0 aliphatic rings. The Hall–Kier alpha value is -1.82. The number of aliphatic carboxylic acids is 1. The van der Waals surface area contributed by atoms with E-state index in [0.29, 0.717) is 19.4 Å². The van der Waals surface area contributed by atoms with Crippen LogP contribution in [0, 0.1) is 0 Å². The quantitative estimate of drug-likeness (QED) is 0.357. The lowest BCUT2D eigenvalue weighted by Gasteiger charge is -2.04. The normalized spacial score (nSPS) is 12.6. The average Bonchev–Trinajstić information content (AvgIpc) is 2.50. The topological polar surface area (TPSA) is 95.9 Å². The lowest BCUT2D eigenvalue weighted by atomic mass is 10.1. The van der Waals surface area contributed by atoms with Crippen LogP contribution in [0.3, 0.4) is 0 Å². The summed E-state index contributed by atoms with van der Waals surface area (Å²) in [5.41, 5.74) is 0. The Bertz CT molecular complexity index is 379. The molecule has 0 heterocycles. The molecular formula is C17H29NO5. The minimum atomic E-state index is -0.844. The summed E-state index contributed by atoms with van der Waals surface area (Å²) in [7, 11) is 0. The lowest BCUT2D eigenvalue weighted by molar-refractivity contribution is -0.137. The molecule has 0 saturated carbocycles. The Balaban J connectivity index is 3.57. The number of carboxylic acids is 1. The first-order valence-electron chi connectivity index (χ1n) is 8.20. The second kappa shape index (κ2) is 15.1. The zero-order chi connectivity index (χ0) is 17.3. The van der Waals surface area contributed by atoms with Crippen LogP contribution in [0.25, 0.3) is 0 Å². The summed E-state index contributed by atoms with van der Waals surface area (Å²) >= 11 is 0. The number of aliphatic hydroxyl groups is 1. The van der Waals surface area contributed by atoms with Gasteiger partial charge in [-0.25, -0.2) is 4.79 Å². The van der Waals surface area contributed by atoms with E-state index < -0.39 is 18.2 Å². The Morgan fingerprint density at radius 1 is 1.17 bits per heavy atom. The number of carboxylic acid groups (broad SMARTS) is 1. The van der Waals surface area contributed by atoms with Gasteiger partial charge in [-0.2, -0.15) is 0 Å². The minimum absolute atomic E-state index is 0.0876. The van der Waals surface area contributed by atoms with Gasteiger partial charge in [-0.1, -0.05) is 50.5 Å². The van der Waals surface area contributed by atoms with E-state index in [1.54, 1.807) is 24.3 Å². The molecule has 1 amide bonds. The predicted molar refractivity (Wildman–Crippen MR) is 89.3 cm³/mol. The van der Waals surface area contributed by atoms with Gasteiger partial charge in [0.25, 0.3) is 0 Å². The highest BCUT2D eigenvalue weighted by Crippen LogP contribution is 2.04. The molecule has 0 bridgehead atoms. The molecule has 0 rings (SSSR count). The van der Waals surface area contributed by atoms with Crippen molar-refractivity contribution >= 4 is 12.1 Å². The standard InChI is InChI=1S/C17H29NO5/c1-2-3-5-10-15(19)11-6-4-8-13-18-17(22)23-14-9-7-12-16(20)21/h4,6,8,11,15,19H,2-3,5,7,9-10,12-14H2,1H3,(H,18,22)(H,20,21)/b8-4-,11-6+. The summed E-state index contributed by atoms with van der Waals surface area (Å²) in [5, 5.41) is 20.6. The van der Waals surface area contributed by atoms with E-state index in [2.05, 4.69) is 12.2 Å². The van der Waals surface area contributed by atoms with Crippen molar-refractivity contribution in [3.05, 3.63) is 24.3 Å². The maximum absolute atomic E-state index is 11.3. The molecule has 0 spiro atoms. The lowest BCUT2D eigenvalue weighted by Crippen LogP contribution is -2.24. The molecule has 0 aromatic heterocycles. The molecule has 0 aliphatic heterocycles. The van der Waals surface area contributed by atoms with E-state index in [1.165, 1.54) is 0 Å². The van der Waals surface area contributed by atoms with E-state index in [4.69, 9.17) is 9.84 Å². The largest absolute Gasteiger partial charge is 0.481 e. The number of carbonyl (C=O) groups is 2. The number of hydrogen-bond donors (Lipinski definition) is 3. The maximum atomic E-state index is 11.3. The molecule has 132 valence electrons. The van der Waals surface area contributed by atoms with E-state index in [0.717, 1.165) is 25.7 Å². The van der Waals surface area contributed by atoms with Crippen molar-refractivity contribution in [1.29, 1.82) is 0 Å². The smallest absolute Gasteiger partial charge is 0.407 e. The van der Waals surface area contributed by atoms with E-state index >= 15 is 0 Å². The van der Waals surface area contributed by atoms with Gasteiger partial charge in [0.1, 0.15) is 0 Å². The second-order valence-corrected chi connectivity index (χ2v) is 5.24. The highest BCUT2D eigenvalue weighted by atomic mass is 16.5. The summed E-state index contributed by atoms with van der Waals surface area (Å²) in [6.45, 7) is 2.68. The monoisotopic (exact) mass is 327 g/mol. The molecule has 0 fully saturated rings. The van der Waals surface area contributed by atoms with Gasteiger partial charge in [-0.3, -0.25) is 4.79 Å². The highest BCUT2D eigenvalue weighted by molar-refractivity contribution is 5.67. The van der Waals surface area contributed by atoms with Crippen LogP contribution in [0.2, 0.25) is 0 Å². The van der Waals surface area contributed by atoms with Crippen molar-refractivity contribution in [1.82, 2.24) is 5.32 Å². The summed E-state index contributed by atoms with van der Waals surface area (Å²) in [6.07, 6.45) is 11.2. The molecular weight excluding hydrogens is 298 g/mol. The van der Waals surface area contributed by atoms with Crippen molar-refractivity contribution in [3.63, 3.8) is 0 Å². The Morgan fingerprint density at radius 2 is 1.96 bits per heavy atom. The van der Waals surface area contributed by atoms with Gasteiger partial charge in [0.05, 0.1) is 12.7 Å². The van der Waals surface area contributed by atoms with Crippen molar-refractivity contribution < 1.29 is 24.5 Å². The first-order chi connectivity index (χ1) is 11.1. The van der Waals surface area contributed by atoms with Crippen LogP contribution in [-0.2, 0) is 9.53 Å². The third kappa shape index (κ3) is 16.4. The number of carbonyl (C=O) groups excluding carboxylic acids is 1. The van der Waals surface area contributed by atoms with Gasteiger partial charge in [0.15, 0.2) is 0 Å². The highest BCUT2D eigenvalue weighted by Gasteiger charge is 2.01. The third-order valence-electron chi connectivity index (χ3n) is 3.07. The van der Waals surface area contributed by atoms with Crippen LogP contribution in [0.15, 0.2) is 24.3 Å². The summed E-state index contributed by atoms with van der Waals surface area (Å²) in [4.78, 5) is 21.6. The Morgan fingerprint density at radius 3 is 2.65 bits per heavy atom. The minimum Gasteiger partial charge on any atom is -0.481 e. The summed E-state index contributed by atoms with van der Waals surface area (Å²) in [6, 6.07) is 0. The van der Waals surface area contributed by atoms with E-state index in [1.807, 2.05) is 0 Å². The first kappa shape index (κ1) is 21.2. The molecule has 0 aromatic carbocycles. The van der Waals surface area contributed by atoms with E-state index in [-0.39, 0.29) is 13.0 Å². The number of hydrogen-bond acceptors (Lipinski definition) is 4. The van der Waals surface area contributed by atoms with E-state index in [9.17, 15) is 14.7 Å². The molecule has 1 atom stereocenters. The van der Waals surface area contributed by atoms with Crippen molar-refractivity contribution in [2.45, 2.75) is 58.0 Å². The Kier molecular flexibility index (Phi) is 13.9. The van der Waals surface area contributed by atoms with Gasteiger partial charge in [0.2, 0.25) is 0 Å². The molecule has 0 radical (unpaired) electrons. The van der Waals surface area contributed by atoms with Gasteiger partial charge in [-0.15, -0.1) is 0 Å². The van der Waals surface area contributed by atoms with Gasteiger partial charge >= 0.3 is 12.1 Å². The van der Waals surface area contributed by atoms with Crippen molar-refractivity contribution in [3.8, 4) is 0 Å². The van der Waals surface area contributed by atoms with Crippen LogP contribution in [0.5, 0.6) is 0 Å². The number of alkyl carbamates (subject to hydrolysis) is 1. The molecule has 0 aromatic rings. The fourth-order valence-electron chi connectivity index (χ4n) is 1.78. The number of unbranched alkanes of at least 4 members (excludes halogenated alkanes) is 3. The zero-order valence-corrected chi connectivity index (χ0v) is 13.9. The fraction of sp³-hybridized carbons (Fsp3) is 0.647. The molecule has 0 aliphatic carbocycles. The third-order valence-corrected chi connectivity index (χ3v) is 3.07. The first-order valence-corrected chi connectivity index (χ1v) is 8.20. The number of ether oxygens (including phenoxy) is 1. The average molecular weight is 327 g/mol. The van der Waals surface area contributed by atoms with Crippen LogP contribution in [0.1, 0.15) is 51.9 Å². The van der Waals surface area contributed by atoms with Gasteiger partial charge < -0.3 is 20.3 Å². The zero-order valence-electron chi connectivity index (χ0n) is 13.9. The van der Waals surface area contributed by atoms with Crippen molar-refractivity contribution in [2.24, 2.45) is 0 Å². The predicted octanol–water partition coefficient (Wildman–Crippen LogP) is 3.02. The van der Waals surface area contributed by atoms with Crippen LogP contribution in [-0.4, -0.2) is 41.5 Å². The SMILES string of the molecule is CCCCCC(O)/C=C/C=C\CNC(=O)OCCCCC(=O)O. The van der Waals surface area contributed by atoms with Crippen LogP contribution < -0.4 is 5.32 Å². The molecule has 6 heteroatoms. The van der Waals surface area contributed by atoms with Crippen LogP contribution >= 0.6 is 0 Å². The van der Waals surface area contributed by atoms with Gasteiger partial charge in [0, 0.05) is 13.0 Å². The number of nitrogens with one attached hydrogen (secondary N) is 1. The maximum Gasteiger partial charge on any atom is 0.407 e. The molecule has 6 nitrogen and oxygen atoms in total.